The van der Waals surface area contributed by atoms with Gasteiger partial charge in [0.15, 0.2) is 15.5 Å². The number of nitrogens with one attached hydrogen (secondary N) is 1. The molecule has 1 atom stereocenters. The second-order valence-electron chi connectivity index (χ2n) is 6.43. The van der Waals surface area contributed by atoms with Crippen molar-refractivity contribution in [3.8, 4) is 0 Å². The fourth-order valence-corrected chi connectivity index (χ4v) is 4.25. The number of halogens is 1. The van der Waals surface area contributed by atoms with Gasteiger partial charge in [-0.2, -0.15) is 0 Å². The minimum atomic E-state index is -4.25. The van der Waals surface area contributed by atoms with Crippen LogP contribution in [0.2, 0.25) is 0 Å². The number of hydrogen-bond acceptors (Lipinski definition) is 9. The molecule has 2 aromatic carbocycles. The first-order valence-electron chi connectivity index (χ1n) is 8.45. The van der Waals surface area contributed by atoms with E-state index >= 15 is 0 Å². The van der Waals surface area contributed by atoms with Crippen molar-refractivity contribution < 1.29 is 42.5 Å². The van der Waals surface area contributed by atoms with E-state index < -0.39 is 77.6 Å². The first-order chi connectivity index (χ1) is 14.8. The molecule has 0 saturated heterocycles. The molecule has 0 saturated carbocycles. The van der Waals surface area contributed by atoms with Crippen LogP contribution in [0, 0.1) is 26.0 Å². The summed E-state index contributed by atoms with van der Waals surface area (Å²) in [6, 6.07) is 3.36. The first kappa shape index (κ1) is 24.1. The molecule has 0 aliphatic heterocycles. The second kappa shape index (κ2) is 9.34. The van der Waals surface area contributed by atoms with Gasteiger partial charge in [0, 0.05) is 12.1 Å². The molecule has 0 amide bonds. The van der Waals surface area contributed by atoms with Crippen LogP contribution in [0.1, 0.15) is 15.9 Å². The Morgan fingerprint density at radius 2 is 1.62 bits per heavy atom. The fourth-order valence-electron chi connectivity index (χ4n) is 2.71. The molecule has 2 aromatic rings. The minimum Gasteiger partial charge on any atom is -0.480 e. The quantitative estimate of drug-likeness (QED) is 0.336. The molecule has 3 N–H and O–H groups in total. The van der Waals surface area contributed by atoms with Crippen molar-refractivity contribution >= 4 is 38.8 Å². The summed E-state index contributed by atoms with van der Waals surface area (Å²) in [5.74, 6) is -6.17. The lowest BCUT2D eigenvalue weighted by Gasteiger charge is -2.16. The molecule has 170 valence electrons. The highest BCUT2D eigenvalue weighted by atomic mass is 32.2. The van der Waals surface area contributed by atoms with Gasteiger partial charge in [0.25, 0.3) is 11.4 Å². The molecule has 1 unspecified atom stereocenters. The Morgan fingerprint density at radius 1 is 1.06 bits per heavy atom. The van der Waals surface area contributed by atoms with Crippen molar-refractivity contribution in [1.29, 1.82) is 0 Å². The Balaban J connectivity index is 2.46. The molecule has 0 aliphatic carbocycles. The van der Waals surface area contributed by atoms with Gasteiger partial charge in [-0.05, 0) is 17.7 Å². The van der Waals surface area contributed by atoms with Gasteiger partial charge in [-0.25, -0.2) is 22.4 Å². The summed E-state index contributed by atoms with van der Waals surface area (Å²) >= 11 is 0. The number of nitrogens with zero attached hydrogens (tertiary/aromatic N) is 2. The highest BCUT2D eigenvalue weighted by molar-refractivity contribution is 7.90. The van der Waals surface area contributed by atoms with Crippen LogP contribution in [0.4, 0.5) is 21.5 Å². The number of carboxylic acid groups (broad SMARTS) is 2. The molecule has 15 heteroatoms. The largest absolute Gasteiger partial charge is 0.480 e. The van der Waals surface area contributed by atoms with Gasteiger partial charge in [-0.1, -0.05) is 12.1 Å². The summed E-state index contributed by atoms with van der Waals surface area (Å²) in [4.78, 5) is 43.0. The van der Waals surface area contributed by atoms with Crippen molar-refractivity contribution in [2.45, 2.75) is 11.8 Å². The molecule has 0 aromatic heterocycles. The first-order valence-corrected chi connectivity index (χ1v) is 10.3. The van der Waals surface area contributed by atoms with Crippen LogP contribution in [0.15, 0.2) is 36.4 Å². The number of aromatic carboxylic acids is 1. The van der Waals surface area contributed by atoms with E-state index in [1.165, 1.54) is 12.1 Å². The van der Waals surface area contributed by atoms with E-state index in [1.54, 1.807) is 0 Å². The molecule has 32 heavy (non-hydrogen) atoms. The standard InChI is InChI=1S/C17H14FN3O10S/c18-11-3-1-2-9(4-11)7-32(30,31)8-12(17(24)25)19-15-13(20(26)27)5-10(16(22)23)6-14(15)21(28)29/h1-6,12,19H,7-8H2,(H,22,23)(H,24,25). The Kier molecular flexibility index (Phi) is 7.04. The second-order valence-corrected chi connectivity index (χ2v) is 8.54. The predicted molar refractivity (Wildman–Crippen MR) is 106 cm³/mol. The van der Waals surface area contributed by atoms with E-state index in [2.05, 4.69) is 0 Å². The van der Waals surface area contributed by atoms with Crippen molar-refractivity contribution in [2.24, 2.45) is 0 Å². The van der Waals surface area contributed by atoms with Crippen molar-refractivity contribution in [2.75, 3.05) is 11.1 Å². The van der Waals surface area contributed by atoms with Crippen LogP contribution in [-0.2, 0) is 20.4 Å². The summed E-state index contributed by atoms with van der Waals surface area (Å²) in [7, 11) is -4.25. The molecule has 13 nitrogen and oxygen atoms in total. The topological polar surface area (TPSA) is 207 Å². The molecule has 2 rings (SSSR count). The predicted octanol–water partition coefficient (Wildman–Crippen LogP) is 1.82. The van der Waals surface area contributed by atoms with Crippen LogP contribution in [-0.4, -0.2) is 52.2 Å². The minimum absolute atomic E-state index is 0.0110. The summed E-state index contributed by atoms with van der Waals surface area (Å²) in [5.41, 5.74) is -4.04. The highest BCUT2D eigenvalue weighted by Crippen LogP contribution is 2.36. The van der Waals surface area contributed by atoms with Gasteiger partial charge >= 0.3 is 11.9 Å². The van der Waals surface area contributed by atoms with Crippen LogP contribution in [0.25, 0.3) is 0 Å². The third-order valence-electron chi connectivity index (χ3n) is 4.05. The van der Waals surface area contributed by atoms with Crippen molar-refractivity contribution in [3.05, 3.63) is 73.6 Å². The molecule has 0 spiro atoms. The van der Waals surface area contributed by atoms with Gasteiger partial charge in [-0.3, -0.25) is 20.2 Å². The maximum Gasteiger partial charge on any atom is 0.336 e. The smallest absolute Gasteiger partial charge is 0.336 e. The number of sulfone groups is 1. The Morgan fingerprint density at radius 3 is 2.06 bits per heavy atom. The molecule has 0 heterocycles. The van der Waals surface area contributed by atoms with Crippen LogP contribution < -0.4 is 5.32 Å². The lowest BCUT2D eigenvalue weighted by atomic mass is 10.1. The maximum absolute atomic E-state index is 13.3. The third kappa shape index (κ3) is 5.94. The highest BCUT2D eigenvalue weighted by Gasteiger charge is 2.34. The van der Waals surface area contributed by atoms with E-state index in [-0.39, 0.29) is 5.56 Å². The zero-order valence-electron chi connectivity index (χ0n) is 15.8. The number of hydrogen-bond donors (Lipinski definition) is 3. The maximum atomic E-state index is 13.3. The van der Waals surface area contributed by atoms with E-state index in [1.807, 2.05) is 5.32 Å². The fraction of sp³-hybridized carbons (Fsp3) is 0.176. The SMILES string of the molecule is O=C(O)c1cc([N+](=O)[O-])c(NC(CS(=O)(=O)Cc2cccc(F)c2)C(=O)O)c([N+](=O)[O-])c1. The number of nitro benzene ring substituents is 2. The zero-order valence-corrected chi connectivity index (χ0v) is 16.6. The lowest BCUT2D eigenvalue weighted by molar-refractivity contribution is -0.392. The van der Waals surface area contributed by atoms with Crippen LogP contribution in [0.3, 0.4) is 0 Å². The van der Waals surface area contributed by atoms with Crippen molar-refractivity contribution in [3.63, 3.8) is 0 Å². The van der Waals surface area contributed by atoms with E-state index in [0.717, 1.165) is 12.1 Å². The van der Waals surface area contributed by atoms with Gasteiger partial charge in [0.05, 0.1) is 26.9 Å². The van der Waals surface area contributed by atoms with Gasteiger partial charge in [0.2, 0.25) is 0 Å². The third-order valence-corrected chi connectivity index (χ3v) is 5.66. The summed E-state index contributed by atoms with van der Waals surface area (Å²) in [6.45, 7) is 0. The average molecular weight is 471 g/mol. The number of rotatable bonds is 10. The number of carbonyl (C=O) groups is 2. The Bertz CT molecular complexity index is 1180. The number of benzene rings is 2. The molecule has 0 radical (unpaired) electrons. The molecular formula is C17H14FN3O10S. The Hall–Kier alpha value is -4.14. The van der Waals surface area contributed by atoms with E-state index in [4.69, 9.17) is 5.11 Å². The Labute approximate surface area is 178 Å². The van der Waals surface area contributed by atoms with Crippen molar-refractivity contribution in [1.82, 2.24) is 0 Å². The molecular weight excluding hydrogens is 457 g/mol. The molecule has 0 aliphatic rings. The number of nitro groups is 2. The van der Waals surface area contributed by atoms with E-state index in [0.29, 0.717) is 12.1 Å². The summed E-state index contributed by atoms with van der Waals surface area (Å²) in [5, 5.41) is 43.0. The van der Waals surface area contributed by atoms with E-state index in [9.17, 15) is 47.7 Å². The lowest BCUT2D eigenvalue weighted by Crippen LogP contribution is -2.37. The number of anilines is 1. The normalized spacial score (nSPS) is 12.0. The molecule has 0 bridgehead atoms. The zero-order chi connectivity index (χ0) is 24.2. The van der Waals surface area contributed by atoms with Crippen LogP contribution >= 0.6 is 0 Å². The summed E-state index contributed by atoms with van der Waals surface area (Å²) < 4.78 is 38.1. The monoisotopic (exact) mass is 471 g/mol. The number of carboxylic acids is 2. The summed E-state index contributed by atoms with van der Waals surface area (Å²) in [6.07, 6.45) is 0. The van der Waals surface area contributed by atoms with Gasteiger partial charge in [-0.15, -0.1) is 0 Å². The van der Waals surface area contributed by atoms with Gasteiger partial charge < -0.3 is 15.5 Å². The van der Waals surface area contributed by atoms with Crippen LogP contribution in [0.5, 0.6) is 0 Å². The molecule has 0 fully saturated rings. The van der Waals surface area contributed by atoms with Gasteiger partial charge in [0.1, 0.15) is 11.9 Å². The average Bonchev–Trinajstić information content (AvgIpc) is 2.66. The number of aliphatic carboxylic acids is 1.